The molecule has 2 aromatic carbocycles. The molecular formula is C20H19ClN4O4S. The molecule has 0 aliphatic rings. The van der Waals surface area contributed by atoms with Crippen LogP contribution in [0.25, 0.3) is 10.9 Å². The predicted octanol–water partition coefficient (Wildman–Crippen LogP) is 4.41. The maximum atomic E-state index is 12.8. The summed E-state index contributed by atoms with van der Waals surface area (Å²) in [4.78, 5) is 40.1. The first-order chi connectivity index (χ1) is 14.3. The number of nitro groups is 1. The summed E-state index contributed by atoms with van der Waals surface area (Å²) >= 11 is 7.18. The number of nitrogens with zero attached hydrogens (tertiary/aromatic N) is 3. The van der Waals surface area contributed by atoms with Gasteiger partial charge < -0.3 is 5.32 Å². The van der Waals surface area contributed by atoms with Crippen LogP contribution in [-0.2, 0) is 11.3 Å². The Bertz CT molecular complexity index is 1200. The number of fused-ring (bicyclic) bond motifs is 1. The van der Waals surface area contributed by atoms with Gasteiger partial charge in [-0.2, -0.15) is 0 Å². The van der Waals surface area contributed by atoms with E-state index < -0.39 is 4.92 Å². The van der Waals surface area contributed by atoms with Gasteiger partial charge in [0.05, 0.1) is 21.6 Å². The molecule has 1 N–H and O–H groups in total. The number of anilines is 1. The third kappa shape index (κ3) is 4.80. The lowest BCUT2D eigenvalue weighted by Crippen LogP contribution is -2.24. The molecule has 0 saturated carbocycles. The molecule has 0 fully saturated rings. The van der Waals surface area contributed by atoms with E-state index >= 15 is 0 Å². The average Bonchev–Trinajstić information content (AvgIpc) is 2.70. The Hall–Kier alpha value is -2.91. The van der Waals surface area contributed by atoms with Crippen molar-refractivity contribution in [1.82, 2.24) is 9.55 Å². The Morgan fingerprint density at radius 2 is 2.07 bits per heavy atom. The highest BCUT2D eigenvalue weighted by Gasteiger charge is 2.15. The van der Waals surface area contributed by atoms with Crippen LogP contribution in [0.4, 0.5) is 11.4 Å². The van der Waals surface area contributed by atoms with Crippen LogP contribution in [0.15, 0.2) is 46.3 Å². The smallest absolute Gasteiger partial charge is 0.269 e. The van der Waals surface area contributed by atoms with Gasteiger partial charge in [-0.3, -0.25) is 24.3 Å². The highest BCUT2D eigenvalue weighted by Crippen LogP contribution is 2.23. The van der Waals surface area contributed by atoms with E-state index in [1.54, 1.807) is 29.7 Å². The fraction of sp³-hybridized carbons (Fsp3) is 0.250. The number of nitrogens with one attached hydrogen (secondary N) is 1. The van der Waals surface area contributed by atoms with Crippen molar-refractivity contribution in [2.75, 3.05) is 11.1 Å². The van der Waals surface area contributed by atoms with Gasteiger partial charge in [0, 0.05) is 29.4 Å². The Kier molecular flexibility index (Phi) is 6.73. The number of hydrogen-bond acceptors (Lipinski definition) is 6. The molecule has 0 aliphatic heterocycles. The molecule has 0 saturated heterocycles. The van der Waals surface area contributed by atoms with Crippen molar-refractivity contribution >= 4 is 51.5 Å². The maximum Gasteiger partial charge on any atom is 0.269 e. The molecule has 156 valence electrons. The number of halogens is 1. The third-order valence-corrected chi connectivity index (χ3v) is 5.57. The number of amides is 1. The van der Waals surface area contributed by atoms with Gasteiger partial charge >= 0.3 is 0 Å². The Morgan fingerprint density at radius 1 is 1.30 bits per heavy atom. The Morgan fingerprint density at radius 3 is 2.73 bits per heavy atom. The summed E-state index contributed by atoms with van der Waals surface area (Å²) in [6.07, 6.45) is 0.739. The summed E-state index contributed by atoms with van der Waals surface area (Å²) in [5.74, 6) is -0.279. The molecule has 1 heterocycles. The second kappa shape index (κ2) is 9.27. The zero-order chi connectivity index (χ0) is 21.8. The van der Waals surface area contributed by atoms with Crippen LogP contribution < -0.4 is 10.9 Å². The topological polar surface area (TPSA) is 107 Å². The van der Waals surface area contributed by atoms with Gasteiger partial charge in [-0.25, -0.2) is 4.98 Å². The molecule has 1 aromatic heterocycles. The van der Waals surface area contributed by atoms with Crippen LogP contribution in [0.5, 0.6) is 0 Å². The van der Waals surface area contributed by atoms with E-state index in [1.807, 2.05) is 6.92 Å². The van der Waals surface area contributed by atoms with Crippen molar-refractivity contribution in [1.29, 1.82) is 0 Å². The molecule has 0 radical (unpaired) electrons. The number of thioether (sulfide) groups is 1. The van der Waals surface area contributed by atoms with Gasteiger partial charge in [0.25, 0.3) is 11.2 Å². The minimum Gasteiger partial charge on any atom is -0.325 e. The number of aromatic nitrogens is 2. The van der Waals surface area contributed by atoms with Crippen LogP contribution >= 0.6 is 23.4 Å². The molecule has 30 heavy (non-hydrogen) atoms. The van der Waals surface area contributed by atoms with E-state index in [2.05, 4.69) is 10.3 Å². The van der Waals surface area contributed by atoms with Gasteiger partial charge in [-0.15, -0.1) is 0 Å². The highest BCUT2D eigenvalue weighted by atomic mass is 35.5. The monoisotopic (exact) mass is 446 g/mol. The van der Waals surface area contributed by atoms with Crippen LogP contribution in [0.3, 0.4) is 0 Å². The van der Waals surface area contributed by atoms with E-state index in [0.717, 1.165) is 18.2 Å². The average molecular weight is 447 g/mol. The first kappa shape index (κ1) is 21.8. The largest absolute Gasteiger partial charge is 0.325 e. The van der Waals surface area contributed by atoms with Crippen LogP contribution in [0.2, 0.25) is 5.02 Å². The highest BCUT2D eigenvalue weighted by molar-refractivity contribution is 7.99. The Labute approximate surface area is 181 Å². The van der Waals surface area contributed by atoms with Crippen molar-refractivity contribution in [2.24, 2.45) is 0 Å². The van der Waals surface area contributed by atoms with Crippen molar-refractivity contribution in [3.05, 3.63) is 67.5 Å². The zero-order valence-electron chi connectivity index (χ0n) is 16.3. The Balaban J connectivity index is 1.80. The standard InChI is InChI=1S/C20H19ClN4O4S/c1-3-8-24-19(27)15-6-4-13(21)10-17(15)23-20(24)30-11-18(26)22-16-7-5-14(25(28)29)9-12(16)2/h4-7,9-10H,3,8,11H2,1-2H3,(H,22,26). The van der Waals surface area contributed by atoms with Crippen LogP contribution in [-0.4, -0.2) is 26.1 Å². The summed E-state index contributed by atoms with van der Waals surface area (Å²) in [6.45, 7) is 4.12. The van der Waals surface area contributed by atoms with Crippen molar-refractivity contribution in [3.8, 4) is 0 Å². The molecule has 0 unspecified atom stereocenters. The summed E-state index contributed by atoms with van der Waals surface area (Å²) < 4.78 is 1.56. The molecule has 0 atom stereocenters. The van der Waals surface area contributed by atoms with E-state index in [4.69, 9.17) is 11.6 Å². The normalized spacial score (nSPS) is 10.9. The molecule has 0 bridgehead atoms. The minimum atomic E-state index is -0.487. The van der Waals surface area contributed by atoms with Crippen LogP contribution in [0.1, 0.15) is 18.9 Å². The van der Waals surface area contributed by atoms with Crippen molar-refractivity contribution < 1.29 is 9.72 Å². The second-order valence-electron chi connectivity index (χ2n) is 6.61. The second-order valence-corrected chi connectivity index (χ2v) is 7.98. The van der Waals surface area contributed by atoms with Crippen molar-refractivity contribution in [3.63, 3.8) is 0 Å². The quantitative estimate of drug-likeness (QED) is 0.249. The molecule has 0 aliphatic carbocycles. The lowest BCUT2D eigenvalue weighted by atomic mass is 10.2. The summed E-state index contributed by atoms with van der Waals surface area (Å²) in [5.41, 5.74) is 1.35. The number of non-ortho nitro benzene ring substituents is 1. The first-order valence-electron chi connectivity index (χ1n) is 9.18. The maximum absolute atomic E-state index is 12.8. The molecule has 3 aromatic rings. The summed E-state index contributed by atoms with van der Waals surface area (Å²) in [6, 6.07) is 9.16. The van der Waals surface area contributed by atoms with Gasteiger partial charge in [0.1, 0.15) is 0 Å². The number of rotatable bonds is 7. The number of benzene rings is 2. The van der Waals surface area contributed by atoms with Gasteiger partial charge in [0.2, 0.25) is 5.91 Å². The minimum absolute atomic E-state index is 0.0264. The summed E-state index contributed by atoms with van der Waals surface area (Å²) in [5, 5.41) is 15.0. The van der Waals surface area contributed by atoms with E-state index in [1.165, 1.54) is 18.2 Å². The lowest BCUT2D eigenvalue weighted by Gasteiger charge is -2.13. The molecule has 1 amide bonds. The molecule has 10 heteroatoms. The molecule has 0 spiro atoms. The lowest BCUT2D eigenvalue weighted by molar-refractivity contribution is -0.384. The molecular weight excluding hydrogens is 428 g/mol. The van der Waals surface area contributed by atoms with E-state index in [9.17, 15) is 19.7 Å². The molecule has 8 nitrogen and oxygen atoms in total. The van der Waals surface area contributed by atoms with E-state index in [-0.39, 0.29) is 22.9 Å². The first-order valence-corrected chi connectivity index (χ1v) is 10.5. The molecule has 3 rings (SSSR count). The van der Waals surface area contributed by atoms with Crippen LogP contribution in [0, 0.1) is 17.0 Å². The van der Waals surface area contributed by atoms with Gasteiger partial charge in [-0.1, -0.05) is 30.3 Å². The number of hydrogen-bond donors (Lipinski definition) is 1. The number of carbonyl (C=O) groups is 1. The number of carbonyl (C=O) groups excluding carboxylic acids is 1. The fourth-order valence-electron chi connectivity index (χ4n) is 2.92. The zero-order valence-corrected chi connectivity index (χ0v) is 17.9. The van der Waals surface area contributed by atoms with Gasteiger partial charge in [0.15, 0.2) is 5.16 Å². The van der Waals surface area contributed by atoms with Crippen molar-refractivity contribution in [2.45, 2.75) is 32.0 Å². The SMILES string of the molecule is CCCn1c(SCC(=O)Nc2ccc([N+](=O)[O-])cc2C)nc2cc(Cl)ccc2c1=O. The fourth-order valence-corrected chi connectivity index (χ4v) is 3.91. The number of aryl methyl sites for hydroxylation is 1. The number of nitro benzene ring substituents is 1. The van der Waals surface area contributed by atoms with E-state index in [0.29, 0.717) is 38.9 Å². The predicted molar refractivity (Wildman–Crippen MR) is 118 cm³/mol. The summed E-state index contributed by atoms with van der Waals surface area (Å²) in [7, 11) is 0. The van der Waals surface area contributed by atoms with Gasteiger partial charge in [-0.05, 0) is 43.2 Å². The third-order valence-electron chi connectivity index (χ3n) is 4.36.